The average molecular weight is 260 g/mol. The maximum atomic E-state index is 12.4. The average Bonchev–Trinajstić information content (AvgIpc) is 2.36. The summed E-state index contributed by atoms with van der Waals surface area (Å²) in [6.45, 7) is 2.69. The molecule has 0 saturated carbocycles. The van der Waals surface area contributed by atoms with E-state index in [1.54, 1.807) is 6.07 Å². The Balaban J connectivity index is 2.76. The van der Waals surface area contributed by atoms with Gasteiger partial charge in [0.15, 0.2) is 0 Å². The first-order valence-corrected chi connectivity index (χ1v) is 5.85. The minimum absolute atomic E-state index is 0.280. The van der Waals surface area contributed by atoms with Crippen LogP contribution in [0.25, 0.3) is 0 Å². The van der Waals surface area contributed by atoms with Crippen molar-refractivity contribution >= 4 is 5.82 Å². The van der Waals surface area contributed by atoms with Crippen LogP contribution in [-0.4, -0.2) is 42.6 Å². The van der Waals surface area contributed by atoms with Crippen LogP contribution in [0.1, 0.15) is 13.3 Å². The molecule has 0 fully saturated rings. The molecule has 1 aromatic heterocycles. The van der Waals surface area contributed by atoms with Crippen LogP contribution in [-0.2, 0) is 0 Å². The zero-order chi connectivity index (χ0) is 13.4. The lowest BCUT2D eigenvalue weighted by Gasteiger charge is -2.22. The topological polar surface area (TPSA) is 64.3 Å². The fraction of sp³-hybridized carbons (Fsp3) is 0.636. The number of hydrogen-bond donors (Lipinski definition) is 1. The monoisotopic (exact) mass is 260 g/mol. The van der Waals surface area contributed by atoms with Crippen molar-refractivity contribution in [1.29, 1.82) is 0 Å². The van der Waals surface area contributed by atoms with Crippen molar-refractivity contribution in [3.05, 3.63) is 12.4 Å². The van der Waals surface area contributed by atoms with E-state index in [0.29, 0.717) is 24.8 Å². The first-order valence-electron chi connectivity index (χ1n) is 5.85. The van der Waals surface area contributed by atoms with E-state index in [1.807, 2.05) is 6.92 Å². The normalized spacial score (nSPS) is 10.7. The number of hydrogen-bond acceptors (Lipinski definition) is 5. The van der Waals surface area contributed by atoms with Gasteiger partial charge in [-0.1, -0.05) is 6.92 Å². The number of aromatic nitrogens is 2. The van der Waals surface area contributed by atoms with Gasteiger partial charge in [-0.05, 0) is 6.42 Å². The zero-order valence-electron chi connectivity index (χ0n) is 10.4. The van der Waals surface area contributed by atoms with Gasteiger partial charge in [0.05, 0.1) is 13.2 Å². The third-order valence-corrected chi connectivity index (χ3v) is 2.16. The molecule has 0 saturated heterocycles. The summed E-state index contributed by atoms with van der Waals surface area (Å²) in [6, 6.07) is 1.55. The van der Waals surface area contributed by atoms with Crippen molar-refractivity contribution in [3.63, 3.8) is 0 Å². The van der Waals surface area contributed by atoms with Gasteiger partial charge >= 0.3 is 0 Å². The number of anilines is 1. The fourth-order valence-electron chi connectivity index (χ4n) is 1.41. The van der Waals surface area contributed by atoms with E-state index in [-0.39, 0.29) is 6.54 Å². The molecule has 0 aromatic carbocycles. The van der Waals surface area contributed by atoms with E-state index in [9.17, 15) is 8.78 Å². The number of nitrogens with zero attached hydrogens (tertiary/aromatic N) is 3. The molecule has 1 rings (SSSR count). The summed E-state index contributed by atoms with van der Waals surface area (Å²) in [4.78, 5) is 9.31. The maximum Gasteiger partial charge on any atom is 0.255 e. The Labute approximate surface area is 105 Å². The second-order valence-corrected chi connectivity index (χ2v) is 3.69. The van der Waals surface area contributed by atoms with Crippen molar-refractivity contribution in [2.45, 2.75) is 19.8 Å². The predicted octanol–water partition coefficient (Wildman–Crippen LogP) is 1.30. The molecule has 0 aliphatic carbocycles. The maximum absolute atomic E-state index is 12.4. The number of rotatable bonds is 8. The summed E-state index contributed by atoms with van der Waals surface area (Å²) in [5.41, 5.74) is 5.40. The highest BCUT2D eigenvalue weighted by Gasteiger charge is 2.14. The lowest BCUT2D eigenvalue weighted by atomic mass is 10.4. The van der Waals surface area contributed by atoms with Crippen LogP contribution in [0.3, 0.4) is 0 Å². The minimum Gasteiger partial charge on any atom is -0.478 e. The molecular formula is C11H18F2N4O. The SMILES string of the molecule is CCCOc1cc(N(CCN)CC(F)F)ncn1. The minimum atomic E-state index is -2.44. The Morgan fingerprint density at radius 3 is 2.83 bits per heavy atom. The molecule has 102 valence electrons. The first kappa shape index (κ1) is 14.6. The standard InChI is InChI=1S/C11H18F2N4O/c1-2-5-18-11-6-10(15-8-16-11)17(4-3-14)7-9(12)13/h6,8-9H,2-5,7,14H2,1H3. The molecule has 0 unspecified atom stereocenters. The molecule has 0 aliphatic heterocycles. The van der Waals surface area contributed by atoms with Gasteiger partial charge < -0.3 is 15.4 Å². The van der Waals surface area contributed by atoms with Gasteiger partial charge in [0.2, 0.25) is 5.88 Å². The van der Waals surface area contributed by atoms with Crippen molar-refractivity contribution in [2.75, 3.05) is 31.1 Å². The number of ether oxygens (including phenoxy) is 1. The summed E-state index contributed by atoms with van der Waals surface area (Å²) in [5, 5.41) is 0. The van der Waals surface area contributed by atoms with E-state index in [0.717, 1.165) is 6.42 Å². The fourth-order valence-corrected chi connectivity index (χ4v) is 1.41. The summed E-state index contributed by atoms with van der Waals surface area (Å²) >= 11 is 0. The van der Waals surface area contributed by atoms with Crippen LogP contribution in [0.15, 0.2) is 12.4 Å². The summed E-state index contributed by atoms with van der Waals surface area (Å²) in [6.07, 6.45) is -0.287. The van der Waals surface area contributed by atoms with Gasteiger partial charge in [-0.15, -0.1) is 0 Å². The van der Waals surface area contributed by atoms with Crippen LogP contribution < -0.4 is 15.4 Å². The Morgan fingerprint density at radius 2 is 2.22 bits per heavy atom. The molecule has 2 N–H and O–H groups in total. The Kier molecular flexibility index (Phi) is 6.27. The molecule has 0 aliphatic rings. The third kappa shape index (κ3) is 4.79. The molecule has 1 aromatic rings. The predicted molar refractivity (Wildman–Crippen MR) is 65.1 cm³/mol. The lowest BCUT2D eigenvalue weighted by Crippen LogP contribution is -2.34. The number of nitrogens with two attached hydrogens (primary N) is 1. The van der Waals surface area contributed by atoms with Gasteiger partial charge in [-0.3, -0.25) is 0 Å². The van der Waals surface area contributed by atoms with Crippen LogP contribution in [0.2, 0.25) is 0 Å². The highest BCUT2D eigenvalue weighted by atomic mass is 19.3. The van der Waals surface area contributed by atoms with Crippen LogP contribution in [0, 0.1) is 0 Å². The smallest absolute Gasteiger partial charge is 0.255 e. The molecular weight excluding hydrogens is 242 g/mol. The van der Waals surface area contributed by atoms with Crippen molar-refractivity contribution in [3.8, 4) is 5.88 Å². The highest BCUT2D eigenvalue weighted by molar-refractivity contribution is 5.40. The molecule has 5 nitrogen and oxygen atoms in total. The molecule has 0 amide bonds. The van der Waals surface area contributed by atoms with E-state index >= 15 is 0 Å². The van der Waals surface area contributed by atoms with E-state index in [1.165, 1.54) is 11.2 Å². The molecule has 0 bridgehead atoms. The number of halogens is 2. The molecule has 0 radical (unpaired) electrons. The quantitative estimate of drug-likeness (QED) is 0.763. The highest BCUT2D eigenvalue weighted by Crippen LogP contribution is 2.16. The van der Waals surface area contributed by atoms with E-state index in [4.69, 9.17) is 10.5 Å². The first-order chi connectivity index (χ1) is 8.67. The van der Waals surface area contributed by atoms with Crippen molar-refractivity contribution in [1.82, 2.24) is 9.97 Å². The van der Waals surface area contributed by atoms with Crippen LogP contribution in [0.5, 0.6) is 5.88 Å². The molecule has 0 atom stereocenters. The second kappa shape index (κ2) is 7.75. The zero-order valence-corrected chi connectivity index (χ0v) is 10.4. The Morgan fingerprint density at radius 1 is 1.44 bits per heavy atom. The molecule has 0 spiro atoms. The summed E-state index contributed by atoms with van der Waals surface area (Å²) in [7, 11) is 0. The molecule has 1 heterocycles. The van der Waals surface area contributed by atoms with Crippen LogP contribution >= 0.6 is 0 Å². The van der Waals surface area contributed by atoms with E-state index in [2.05, 4.69) is 9.97 Å². The lowest BCUT2D eigenvalue weighted by molar-refractivity contribution is 0.154. The Hall–Kier alpha value is -1.50. The van der Waals surface area contributed by atoms with Crippen LogP contribution in [0.4, 0.5) is 14.6 Å². The molecule has 7 heteroatoms. The largest absolute Gasteiger partial charge is 0.478 e. The van der Waals surface area contributed by atoms with Gasteiger partial charge in [0.1, 0.15) is 12.1 Å². The van der Waals surface area contributed by atoms with Gasteiger partial charge in [-0.25, -0.2) is 18.7 Å². The summed E-state index contributed by atoms with van der Waals surface area (Å²) in [5.74, 6) is 0.792. The number of alkyl halides is 2. The van der Waals surface area contributed by atoms with Gasteiger partial charge in [0.25, 0.3) is 6.43 Å². The summed E-state index contributed by atoms with van der Waals surface area (Å²) < 4.78 is 30.2. The second-order valence-electron chi connectivity index (χ2n) is 3.69. The molecule has 18 heavy (non-hydrogen) atoms. The van der Waals surface area contributed by atoms with Crippen molar-refractivity contribution < 1.29 is 13.5 Å². The van der Waals surface area contributed by atoms with Gasteiger partial charge in [-0.2, -0.15) is 0 Å². The van der Waals surface area contributed by atoms with Crippen molar-refractivity contribution in [2.24, 2.45) is 5.73 Å². The van der Waals surface area contributed by atoms with E-state index < -0.39 is 13.0 Å². The Bertz CT molecular complexity index is 352. The third-order valence-electron chi connectivity index (χ3n) is 2.16. The van der Waals surface area contributed by atoms with Gasteiger partial charge in [0, 0.05) is 19.2 Å².